The van der Waals surface area contributed by atoms with Gasteiger partial charge in [-0.1, -0.05) is 25.5 Å². The molecule has 0 amide bonds. The van der Waals surface area contributed by atoms with E-state index in [0.29, 0.717) is 6.42 Å². The monoisotopic (exact) mass is 412 g/mol. The summed E-state index contributed by atoms with van der Waals surface area (Å²) >= 11 is 13.1. The summed E-state index contributed by atoms with van der Waals surface area (Å²) in [5.74, 6) is -1.20. The number of rotatable bonds is 2. The molecule has 4 aliphatic carbocycles. The van der Waals surface area contributed by atoms with Crippen LogP contribution in [0.1, 0.15) is 39.5 Å². The van der Waals surface area contributed by atoms with Gasteiger partial charge in [-0.2, -0.15) is 0 Å². The summed E-state index contributed by atoms with van der Waals surface area (Å²) in [4.78, 5) is 23.4. The predicted molar refractivity (Wildman–Crippen MR) is 104 cm³/mol. The molecule has 0 unspecified atom stereocenters. The van der Waals surface area contributed by atoms with E-state index >= 15 is 0 Å². The lowest BCUT2D eigenvalue weighted by molar-refractivity contribution is -0.152. The van der Waals surface area contributed by atoms with Gasteiger partial charge in [0.15, 0.2) is 11.6 Å². The molecule has 0 aromatic carbocycles. The Morgan fingerprint density at radius 1 is 1.33 bits per heavy atom. The van der Waals surface area contributed by atoms with Crippen LogP contribution >= 0.6 is 23.2 Å². The molecule has 3 fully saturated rings. The summed E-state index contributed by atoms with van der Waals surface area (Å²) in [5.41, 5.74) is -1.14. The van der Waals surface area contributed by atoms with Crippen molar-refractivity contribution in [3.8, 4) is 0 Å². The molecule has 0 spiro atoms. The highest BCUT2D eigenvalue weighted by Gasteiger charge is 2.70. The summed E-state index contributed by atoms with van der Waals surface area (Å²) in [5, 5.41) is 22.5. The molecular formula is C21H26Cl2O4. The maximum Gasteiger partial charge on any atom is 0.179 e. The summed E-state index contributed by atoms with van der Waals surface area (Å²) in [6.07, 6.45) is 6.58. The molecule has 6 heteroatoms. The Morgan fingerprint density at radius 3 is 2.70 bits per heavy atom. The molecule has 0 bridgehead atoms. The number of alkyl halides is 2. The third-order valence-corrected chi connectivity index (χ3v) is 9.30. The predicted octanol–water partition coefficient (Wildman–Crippen LogP) is 3.02. The maximum atomic E-state index is 12.5. The molecule has 4 aliphatic rings. The van der Waals surface area contributed by atoms with Gasteiger partial charge in [0, 0.05) is 11.3 Å². The smallest absolute Gasteiger partial charge is 0.179 e. The van der Waals surface area contributed by atoms with Crippen molar-refractivity contribution in [2.75, 3.05) is 5.88 Å². The van der Waals surface area contributed by atoms with E-state index in [9.17, 15) is 19.8 Å². The van der Waals surface area contributed by atoms with Gasteiger partial charge >= 0.3 is 0 Å². The van der Waals surface area contributed by atoms with Gasteiger partial charge in [-0.15, -0.1) is 23.2 Å². The lowest BCUT2D eigenvalue weighted by Gasteiger charge is -2.61. The minimum absolute atomic E-state index is 0.0408. The van der Waals surface area contributed by atoms with Crippen LogP contribution in [-0.2, 0) is 9.59 Å². The molecule has 3 saturated carbocycles. The summed E-state index contributed by atoms with van der Waals surface area (Å²) < 4.78 is 0. The topological polar surface area (TPSA) is 74.6 Å². The molecule has 0 radical (unpaired) electrons. The fraction of sp³-hybridized carbons (Fsp3) is 0.714. The van der Waals surface area contributed by atoms with Crippen LogP contribution < -0.4 is 0 Å². The second-order valence-electron chi connectivity index (χ2n) is 9.06. The first-order valence-electron chi connectivity index (χ1n) is 9.73. The van der Waals surface area contributed by atoms with Gasteiger partial charge in [0.25, 0.3) is 0 Å². The van der Waals surface area contributed by atoms with Crippen molar-refractivity contribution in [3.05, 3.63) is 23.8 Å². The highest BCUT2D eigenvalue weighted by molar-refractivity contribution is 6.29. The summed E-state index contributed by atoms with van der Waals surface area (Å²) in [6.45, 7) is 3.89. The van der Waals surface area contributed by atoms with Crippen LogP contribution in [0.4, 0.5) is 0 Å². The number of carbonyl (C=O) groups excluding carboxylic acids is 2. The Labute approximate surface area is 169 Å². The third kappa shape index (κ3) is 2.30. The number of Topliss-reactive ketones (excluding diaryl/α,β-unsaturated/α-hetero) is 1. The van der Waals surface area contributed by atoms with E-state index in [1.165, 1.54) is 0 Å². The number of ketones is 2. The second-order valence-corrected chi connectivity index (χ2v) is 9.95. The number of fused-ring (bicyclic) bond motifs is 5. The number of aliphatic hydroxyl groups excluding tert-OH is 1. The molecule has 4 rings (SSSR count). The number of hydrogen-bond donors (Lipinski definition) is 2. The van der Waals surface area contributed by atoms with Crippen LogP contribution in [0, 0.1) is 29.1 Å². The standard InChI is InChI=1S/C21H26Cl2O4/c1-11-7-14-15-4-3-12-8-13(24)5-6-19(12,2)21(15,23)17(25)9-16(14)20(11,27)18(26)10-22/h5-6,8,11,14-17,25,27H,3-4,7,9-10H2,1-2H3/t11-,14+,15-,16+,17+,19+,20-,21+/m1/s1. The lowest BCUT2D eigenvalue weighted by Crippen LogP contribution is -2.65. The Hall–Kier alpha value is -0.680. The number of halogens is 2. The Bertz CT molecular complexity index is 761. The van der Waals surface area contributed by atoms with E-state index in [1.54, 1.807) is 12.2 Å². The zero-order valence-electron chi connectivity index (χ0n) is 15.6. The van der Waals surface area contributed by atoms with Gasteiger partial charge in [0.1, 0.15) is 5.60 Å². The fourth-order valence-electron chi connectivity index (χ4n) is 6.70. The molecule has 2 N–H and O–H groups in total. The maximum absolute atomic E-state index is 12.5. The first-order chi connectivity index (χ1) is 12.6. The van der Waals surface area contributed by atoms with Crippen molar-refractivity contribution in [1.29, 1.82) is 0 Å². The second kappa shape index (κ2) is 6.16. The molecular weight excluding hydrogens is 387 g/mol. The Kier molecular flexibility index (Phi) is 4.48. The average molecular weight is 413 g/mol. The van der Waals surface area contributed by atoms with E-state index in [2.05, 4.69) is 0 Å². The van der Waals surface area contributed by atoms with Crippen LogP contribution in [0.5, 0.6) is 0 Å². The first kappa shape index (κ1) is 19.6. The van der Waals surface area contributed by atoms with Crippen molar-refractivity contribution in [2.24, 2.45) is 29.1 Å². The number of aliphatic hydroxyl groups is 2. The third-order valence-electron chi connectivity index (χ3n) is 8.13. The SMILES string of the molecule is C[C@@H]1C[C@H]2[C@H]3CCC4=CC(=O)C=C[C@]4(C)[C@@]3(Cl)[C@@H](O)C[C@@H]2[C@@]1(O)C(=O)CCl. The van der Waals surface area contributed by atoms with E-state index in [-0.39, 0.29) is 47.5 Å². The molecule has 0 aromatic heterocycles. The lowest BCUT2D eigenvalue weighted by atomic mass is 9.49. The fourth-order valence-corrected chi connectivity index (χ4v) is 7.46. The van der Waals surface area contributed by atoms with E-state index < -0.39 is 22.0 Å². The van der Waals surface area contributed by atoms with E-state index in [1.807, 2.05) is 19.9 Å². The largest absolute Gasteiger partial charge is 0.391 e. The average Bonchev–Trinajstić information content (AvgIpc) is 2.88. The van der Waals surface area contributed by atoms with Crippen molar-refractivity contribution in [1.82, 2.24) is 0 Å². The molecule has 27 heavy (non-hydrogen) atoms. The highest BCUT2D eigenvalue weighted by Crippen LogP contribution is 2.67. The zero-order valence-corrected chi connectivity index (χ0v) is 17.1. The molecule has 0 aliphatic heterocycles. The van der Waals surface area contributed by atoms with Crippen molar-refractivity contribution in [3.63, 3.8) is 0 Å². The van der Waals surface area contributed by atoms with Gasteiger partial charge in [-0.25, -0.2) is 0 Å². The molecule has 0 saturated heterocycles. The van der Waals surface area contributed by atoms with Gasteiger partial charge in [-0.05, 0) is 55.6 Å². The van der Waals surface area contributed by atoms with Crippen LogP contribution in [0.25, 0.3) is 0 Å². The first-order valence-corrected chi connectivity index (χ1v) is 10.6. The molecule has 4 nitrogen and oxygen atoms in total. The van der Waals surface area contributed by atoms with Gasteiger partial charge in [-0.3, -0.25) is 9.59 Å². The van der Waals surface area contributed by atoms with Crippen LogP contribution in [0.2, 0.25) is 0 Å². The van der Waals surface area contributed by atoms with Crippen molar-refractivity contribution >= 4 is 34.8 Å². The van der Waals surface area contributed by atoms with E-state index in [0.717, 1.165) is 18.4 Å². The number of carbonyl (C=O) groups is 2. The minimum Gasteiger partial charge on any atom is -0.391 e. The quantitative estimate of drug-likeness (QED) is 0.683. The molecule has 8 atom stereocenters. The minimum atomic E-state index is -1.50. The van der Waals surface area contributed by atoms with Crippen molar-refractivity contribution < 1.29 is 19.8 Å². The number of allylic oxidation sites excluding steroid dienone is 4. The van der Waals surface area contributed by atoms with Crippen LogP contribution in [0.3, 0.4) is 0 Å². The van der Waals surface area contributed by atoms with Gasteiger partial charge < -0.3 is 10.2 Å². The molecule has 148 valence electrons. The zero-order chi connectivity index (χ0) is 19.8. The molecule has 0 heterocycles. The number of hydrogen-bond acceptors (Lipinski definition) is 4. The normalized spacial score (nSPS) is 51.3. The van der Waals surface area contributed by atoms with E-state index in [4.69, 9.17) is 23.2 Å². The van der Waals surface area contributed by atoms with Crippen LogP contribution in [0.15, 0.2) is 23.8 Å². The highest BCUT2D eigenvalue weighted by atomic mass is 35.5. The van der Waals surface area contributed by atoms with Crippen molar-refractivity contribution in [2.45, 2.75) is 56.1 Å². The molecule has 0 aromatic rings. The van der Waals surface area contributed by atoms with Gasteiger partial charge in [0.05, 0.1) is 16.9 Å². The summed E-state index contributed by atoms with van der Waals surface area (Å²) in [7, 11) is 0. The van der Waals surface area contributed by atoms with Gasteiger partial charge in [0.2, 0.25) is 0 Å². The summed E-state index contributed by atoms with van der Waals surface area (Å²) in [6, 6.07) is 0. The Morgan fingerprint density at radius 2 is 2.04 bits per heavy atom. The Balaban J connectivity index is 1.78. The van der Waals surface area contributed by atoms with Crippen LogP contribution in [-0.4, -0.2) is 44.2 Å².